The van der Waals surface area contributed by atoms with Crippen molar-refractivity contribution in [2.75, 3.05) is 33.3 Å². The van der Waals surface area contributed by atoms with Gasteiger partial charge in [0.2, 0.25) is 5.91 Å². The number of piperidine rings is 1. The number of fused-ring (bicyclic) bond motifs is 1. The fourth-order valence-corrected chi connectivity index (χ4v) is 3.91. The molecule has 0 atom stereocenters. The number of morpholine rings is 1. The van der Waals surface area contributed by atoms with E-state index in [1.165, 1.54) is 6.07 Å². The number of benzene rings is 1. The molecule has 2 amide bonds. The van der Waals surface area contributed by atoms with Crippen molar-refractivity contribution in [1.82, 2.24) is 9.80 Å². The van der Waals surface area contributed by atoms with Gasteiger partial charge in [0.15, 0.2) is 0 Å². The lowest BCUT2D eigenvalue weighted by Crippen LogP contribution is -2.58. The molecule has 2 saturated heterocycles. The van der Waals surface area contributed by atoms with Crippen molar-refractivity contribution >= 4 is 34.4 Å². The fourth-order valence-electron chi connectivity index (χ4n) is 3.72. The second-order valence-electron chi connectivity index (χ2n) is 7.14. The molecule has 0 aliphatic carbocycles. The van der Waals surface area contributed by atoms with E-state index in [1.54, 1.807) is 35.0 Å². The smallest absolute Gasteiger partial charge is 0.349 e. The molecule has 4 rings (SSSR count). The summed E-state index contributed by atoms with van der Waals surface area (Å²) in [6.07, 6.45) is 1.22. The van der Waals surface area contributed by atoms with Crippen molar-refractivity contribution < 1.29 is 18.7 Å². The minimum absolute atomic E-state index is 0.00225. The standard InChI is InChI=1S/C19H19ClN2O5/c1-21-11-19(26-10-16(21)23)4-6-22(7-5-19)17(24)14-9-12-8-13(20)2-3-15(12)27-18(14)25/h2-3,8-9H,4-7,10-11H2,1H3. The predicted octanol–water partition coefficient (Wildman–Crippen LogP) is 1.91. The third kappa shape index (κ3) is 3.33. The van der Waals surface area contributed by atoms with E-state index in [4.69, 9.17) is 20.8 Å². The summed E-state index contributed by atoms with van der Waals surface area (Å²) in [6, 6.07) is 6.42. The zero-order valence-electron chi connectivity index (χ0n) is 14.9. The molecule has 3 heterocycles. The van der Waals surface area contributed by atoms with Gasteiger partial charge in [-0.3, -0.25) is 9.59 Å². The van der Waals surface area contributed by atoms with Gasteiger partial charge in [-0.25, -0.2) is 4.79 Å². The molecule has 8 heteroatoms. The first kappa shape index (κ1) is 18.0. The van der Waals surface area contributed by atoms with Crippen molar-refractivity contribution in [2.45, 2.75) is 18.4 Å². The summed E-state index contributed by atoms with van der Waals surface area (Å²) in [5.74, 6) is -0.396. The Kier molecular flexibility index (Phi) is 4.44. The quantitative estimate of drug-likeness (QED) is 0.695. The lowest BCUT2D eigenvalue weighted by Gasteiger charge is -2.46. The normalized spacial score (nSPS) is 19.7. The number of halogens is 1. The number of ether oxygens (including phenoxy) is 1. The molecular formula is C19H19ClN2O5. The first-order chi connectivity index (χ1) is 12.9. The monoisotopic (exact) mass is 390 g/mol. The Bertz CT molecular complexity index is 978. The minimum atomic E-state index is -0.658. The van der Waals surface area contributed by atoms with Crippen LogP contribution in [0.3, 0.4) is 0 Å². The first-order valence-electron chi connectivity index (χ1n) is 8.78. The molecule has 7 nitrogen and oxygen atoms in total. The van der Waals surface area contributed by atoms with E-state index in [2.05, 4.69) is 0 Å². The van der Waals surface area contributed by atoms with Crippen LogP contribution in [0.25, 0.3) is 11.0 Å². The van der Waals surface area contributed by atoms with Gasteiger partial charge in [-0.05, 0) is 37.1 Å². The minimum Gasteiger partial charge on any atom is -0.422 e. The molecule has 0 saturated carbocycles. The molecule has 0 radical (unpaired) electrons. The summed E-state index contributed by atoms with van der Waals surface area (Å²) in [5.41, 5.74) is -0.685. The third-order valence-corrected chi connectivity index (χ3v) is 5.57. The van der Waals surface area contributed by atoms with Crippen molar-refractivity contribution in [1.29, 1.82) is 0 Å². The predicted molar refractivity (Wildman–Crippen MR) is 99.0 cm³/mol. The molecule has 0 bridgehead atoms. The molecule has 0 unspecified atom stereocenters. The van der Waals surface area contributed by atoms with Crippen LogP contribution in [-0.2, 0) is 9.53 Å². The number of carbonyl (C=O) groups excluding carboxylic acids is 2. The largest absolute Gasteiger partial charge is 0.422 e. The van der Waals surface area contributed by atoms with E-state index in [9.17, 15) is 14.4 Å². The maximum Gasteiger partial charge on any atom is 0.349 e. The average molecular weight is 391 g/mol. The van der Waals surface area contributed by atoms with Crippen LogP contribution in [0.4, 0.5) is 0 Å². The molecule has 2 aliphatic heterocycles. The summed E-state index contributed by atoms with van der Waals surface area (Å²) in [7, 11) is 1.76. The highest BCUT2D eigenvalue weighted by molar-refractivity contribution is 6.31. The van der Waals surface area contributed by atoms with Crippen LogP contribution in [0, 0.1) is 0 Å². The van der Waals surface area contributed by atoms with Crippen LogP contribution in [0.5, 0.6) is 0 Å². The van der Waals surface area contributed by atoms with Crippen LogP contribution in [0.1, 0.15) is 23.2 Å². The fraction of sp³-hybridized carbons (Fsp3) is 0.421. The molecule has 0 N–H and O–H groups in total. The molecule has 1 spiro atoms. The topological polar surface area (TPSA) is 80.1 Å². The second-order valence-corrected chi connectivity index (χ2v) is 7.58. The Labute approximate surface area is 160 Å². The van der Waals surface area contributed by atoms with Gasteiger partial charge in [0, 0.05) is 37.1 Å². The highest BCUT2D eigenvalue weighted by atomic mass is 35.5. The molecule has 2 fully saturated rings. The number of hydrogen-bond donors (Lipinski definition) is 0. The van der Waals surface area contributed by atoms with Gasteiger partial charge in [0.25, 0.3) is 5.91 Å². The summed E-state index contributed by atoms with van der Waals surface area (Å²) in [6.45, 7) is 1.49. The molecule has 27 heavy (non-hydrogen) atoms. The Balaban J connectivity index is 1.53. The number of rotatable bonds is 1. The highest BCUT2D eigenvalue weighted by Crippen LogP contribution is 2.30. The van der Waals surface area contributed by atoms with Crippen LogP contribution in [-0.4, -0.2) is 60.5 Å². The molecule has 142 valence electrons. The molecule has 1 aromatic carbocycles. The van der Waals surface area contributed by atoms with E-state index in [1.807, 2.05) is 0 Å². The van der Waals surface area contributed by atoms with Gasteiger partial charge in [-0.15, -0.1) is 0 Å². The molecule has 1 aromatic heterocycles. The van der Waals surface area contributed by atoms with Gasteiger partial charge in [0.1, 0.15) is 17.8 Å². The molecular weight excluding hydrogens is 372 g/mol. The Hall–Kier alpha value is -2.38. The van der Waals surface area contributed by atoms with Crippen molar-refractivity contribution in [3.05, 3.63) is 45.3 Å². The third-order valence-electron chi connectivity index (χ3n) is 5.34. The van der Waals surface area contributed by atoms with Crippen LogP contribution < -0.4 is 5.63 Å². The number of carbonyl (C=O) groups is 2. The van der Waals surface area contributed by atoms with Crippen molar-refractivity contribution in [2.24, 2.45) is 0 Å². The van der Waals surface area contributed by atoms with Gasteiger partial charge in [-0.2, -0.15) is 0 Å². The van der Waals surface area contributed by atoms with Gasteiger partial charge >= 0.3 is 5.63 Å². The average Bonchev–Trinajstić information content (AvgIpc) is 2.65. The van der Waals surface area contributed by atoms with E-state index in [0.717, 1.165) is 0 Å². The second kappa shape index (κ2) is 6.65. The van der Waals surface area contributed by atoms with Crippen LogP contribution >= 0.6 is 11.6 Å². The summed E-state index contributed by atoms with van der Waals surface area (Å²) < 4.78 is 11.1. The Morgan fingerprint density at radius 3 is 2.63 bits per heavy atom. The Morgan fingerprint density at radius 2 is 1.93 bits per heavy atom. The lowest BCUT2D eigenvalue weighted by molar-refractivity contribution is -0.167. The maximum absolute atomic E-state index is 12.9. The number of likely N-dealkylation sites (tertiary alicyclic amines) is 1. The van der Waals surface area contributed by atoms with Crippen LogP contribution in [0.2, 0.25) is 5.02 Å². The number of nitrogens with zero attached hydrogens (tertiary/aromatic N) is 2. The van der Waals surface area contributed by atoms with Crippen LogP contribution in [0.15, 0.2) is 33.5 Å². The number of likely N-dealkylation sites (N-methyl/N-ethyl adjacent to an activating group) is 1. The van der Waals surface area contributed by atoms with Crippen molar-refractivity contribution in [3.63, 3.8) is 0 Å². The zero-order valence-corrected chi connectivity index (χ0v) is 15.6. The zero-order chi connectivity index (χ0) is 19.2. The van der Waals surface area contributed by atoms with Gasteiger partial charge in [0.05, 0.1) is 5.60 Å². The summed E-state index contributed by atoms with van der Waals surface area (Å²) >= 11 is 5.99. The Morgan fingerprint density at radius 1 is 1.19 bits per heavy atom. The highest BCUT2D eigenvalue weighted by Gasteiger charge is 2.42. The maximum atomic E-state index is 12.9. The first-order valence-corrected chi connectivity index (χ1v) is 9.15. The van der Waals surface area contributed by atoms with E-state index >= 15 is 0 Å². The lowest BCUT2D eigenvalue weighted by atomic mass is 9.89. The SMILES string of the molecule is CN1CC2(CCN(C(=O)c3cc4cc(Cl)ccc4oc3=O)CC2)OCC1=O. The van der Waals surface area contributed by atoms with E-state index in [-0.39, 0.29) is 24.0 Å². The van der Waals surface area contributed by atoms with E-state index in [0.29, 0.717) is 48.5 Å². The summed E-state index contributed by atoms with van der Waals surface area (Å²) in [4.78, 5) is 40.1. The van der Waals surface area contributed by atoms with Gasteiger partial charge in [-0.1, -0.05) is 11.6 Å². The number of amides is 2. The summed E-state index contributed by atoms with van der Waals surface area (Å²) in [5, 5.41) is 1.11. The molecule has 2 aliphatic rings. The number of hydrogen-bond acceptors (Lipinski definition) is 5. The molecule has 2 aromatic rings. The van der Waals surface area contributed by atoms with Crippen molar-refractivity contribution in [3.8, 4) is 0 Å². The van der Waals surface area contributed by atoms with Gasteiger partial charge < -0.3 is 19.0 Å². The van der Waals surface area contributed by atoms with E-state index < -0.39 is 11.2 Å².